The van der Waals surface area contributed by atoms with Gasteiger partial charge >= 0.3 is 29.8 Å². The van der Waals surface area contributed by atoms with Gasteiger partial charge in [0.1, 0.15) is 36.4 Å². The Labute approximate surface area is 264 Å². The zero-order valence-electron chi connectivity index (χ0n) is 27.8. The minimum atomic E-state index is -2.29. The monoisotopic (exact) mass is 642 g/mol. The maximum absolute atomic E-state index is 13.1. The number of carbonyl (C=O) groups is 5. The summed E-state index contributed by atoms with van der Waals surface area (Å²) in [6.45, 7) is 14.1. The second-order valence-corrected chi connectivity index (χ2v) is 13.5. The summed E-state index contributed by atoms with van der Waals surface area (Å²) in [5.41, 5.74) is -4.45. The van der Waals surface area contributed by atoms with Crippen molar-refractivity contribution < 1.29 is 62.6 Å². The van der Waals surface area contributed by atoms with E-state index in [4.69, 9.17) is 28.4 Å². The van der Waals surface area contributed by atoms with Gasteiger partial charge in [0.2, 0.25) is 6.10 Å². The average molecular weight is 643 g/mol. The van der Waals surface area contributed by atoms with E-state index in [1.165, 1.54) is 0 Å². The van der Waals surface area contributed by atoms with E-state index < -0.39 is 91.0 Å². The molecule has 13 nitrogen and oxygen atoms in total. The van der Waals surface area contributed by atoms with Gasteiger partial charge in [-0.1, -0.05) is 55.4 Å². The van der Waals surface area contributed by atoms with Crippen LogP contribution in [0.1, 0.15) is 88.0 Å². The van der Waals surface area contributed by atoms with Crippen molar-refractivity contribution in [2.45, 2.75) is 118 Å². The Morgan fingerprint density at radius 2 is 1.40 bits per heavy atom. The number of carbonyl (C=O) groups excluding carboxylic acids is 5. The smallest absolute Gasteiger partial charge is 0.348 e. The highest BCUT2D eigenvalue weighted by Gasteiger charge is 2.70. The Kier molecular flexibility index (Phi) is 13.4. The van der Waals surface area contributed by atoms with Crippen LogP contribution in [0.4, 0.5) is 0 Å². The van der Waals surface area contributed by atoms with Crippen LogP contribution < -0.4 is 0 Å². The minimum absolute atomic E-state index is 0.000486. The van der Waals surface area contributed by atoms with E-state index in [2.05, 4.69) is 0 Å². The second-order valence-electron chi connectivity index (χ2n) is 13.5. The van der Waals surface area contributed by atoms with Gasteiger partial charge in [0, 0.05) is 44.1 Å². The average Bonchev–Trinajstić information content (AvgIpc) is 3.10. The molecule has 0 amide bonds. The molecule has 1 heterocycles. The number of esters is 5. The molecule has 13 heteroatoms. The molecule has 256 valence electrons. The molecule has 6 atom stereocenters. The Balaban J connectivity index is 2.45. The number of fused-ring (bicyclic) bond motifs is 1. The number of hydrogen-bond acceptors (Lipinski definition) is 13. The van der Waals surface area contributed by atoms with Gasteiger partial charge in [-0.2, -0.15) is 0 Å². The van der Waals surface area contributed by atoms with Crippen molar-refractivity contribution in [1.29, 1.82) is 0 Å². The molecular formula is C32H50O13. The zero-order valence-corrected chi connectivity index (χ0v) is 27.8. The molecule has 0 aromatic heterocycles. The summed E-state index contributed by atoms with van der Waals surface area (Å²) in [5, 5.41) is 24.2. The highest BCUT2D eigenvalue weighted by molar-refractivity contribution is 5.80. The first-order valence-electron chi connectivity index (χ1n) is 15.5. The second kappa shape index (κ2) is 15.9. The first kappa shape index (κ1) is 38.0. The van der Waals surface area contributed by atoms with E-state index in [9.17, 15) is 34.2 Å². The zero-order chi connectivity index (χ0) is 34.3. The number of ether oxygens (including phenoxy) is 6. The highest BCUT2D eigenvalue weighted by atomic mass is 16.7. The summed E-state index contributed by atoms with van der Waals surface area (Å²) >= 11 is 0. The van der Waals surface area contributed by atoms with Gasteiger partial charge in [0.25, 0.3) is 6.29 Å². The van der Waals surface area contributed by atoms with Crippen LogP contribution in [0.5, 0.6) is 0 Å². The summed E-state index contributed by atoms with van der Waals surface area (Å²) in [6.07, 6.45) is -3.49. The first-order chi connectivity index (χ1) is 20.8. The molecule has 0 bridgehead atoms. The van der Waals surface area contributed by atoms with Crippen LogP contribution in [0.2, 0.25) is 0 Å². The van der Waals surface area contributed by atoms with Gasteiger partial charge in [-0.05, 0) is 17.8 Å². The summed E-state index contributed by atoms with van der Waals surface area (Å²) in [4.78, 5) is 62.6. The molecule has 1 saturated carbocycles. The predicted molar refractivity (Wildman–Crippen MR) is 158 cm³/mol. The normalized spacial score (nSPS) is 26.6. The fourth-order valence-corrected chi connectivity index (χ4v) is 5.41. The maximum Gasteiger partial charge on any atom is 0.348 e. The lowest BCUT2D eigenvalue weighted by Crippen LogP contribution is -2.59. The van der Waals surface area contributed by atoms with Crippen LogP contribution >= 0.6 is 0 Å². The summed E-state index contributed by atoms with van der Waals surface area (Å²) in [6, 6.07) is 0. The van der Waals surface area contributed by atoms with E-state index in [0.717, 1.165) is 13.2 Å². The molecule has 1 unspecified atom stereocenters. The Morgan fingerprint density at radius 3 is 1.93 bits per heavy atom. The molecule has 1 fully saturated rings. The van der Waals surface area contributed by atoms with Gasteiger partial charge < -0.3 is 38.6 Å². The molecule has 0 aromatic rings. The van der Waals surface area contributed by atoms with Crippen molar-refractivity contribution >= 4 is 29.8 Å². The number of aliphatic hydroxyl groups is 2. The molecular weight excluding hydrogens is 592 g/mol. The third-order valence-corrected chi connectivity index (χ3v) is 7.49. The van der Waals surface area contributed by atoms with Crippen molar-refractivity contribution in [2.24, 2.45) is 29.6 Å². The van der Waals surface area contributed by atoms with Crippen molar-refractivity contribution in [2.75, 3.05) is 13.2 Å². The predicted octanol–water partition coefficient (Wildman–Crippen LogP) is 2.98. The molecule has 2 N–H and O–H groups in total. The van der Waals surface area contributed by atoms with E-state index in [-0.39, 0.29) is 42.6 Å². The molecule has 0 spiro atoms. The number of hydrogen-bond donors (Lipinski definition) is 2. The fourth-order valence-electron chi connectivity index (χ4n) is 5.41. The van der Waals surface area contributed by atoms with Crippen molar-refractivity contribution in [3.8, 4) is 0 Å². The standard InChI is InChI=1S/C32H50O13/c1-17(2)10-24(34)42-16-32(39)23(43-21(9)33)13-31(38)22(15-41-30(28(31)32)45-26(36)12-19(5)6)14-40-29(37)27(20(7)8)44-25(35)11-18(3)4/h15,17-20,23,27-28,30,38-39H,10-14,16H2,1-9H3/t23-,27?,28-,30-,31-,32+/m0/s1. The van der Waals surface area contributed by atoms with Crippen molar-refractivity contribution in [3.63, 3.8) is 0 Å². The Hall–Kier alpha value is -3.19. The van der Waals surface area contributed by atoms with Gasteiger partial charge in [-0.3, -0.25) is 19.2 Å². The van der Waals surface area contributed by atoms with Crippen LogP contribution in [0.15, 0.2) is 11.8 Å². The van der Waals surface area contributed by atoms with Crippen LogP contribution in [0.3, 0.4) is 0 Å². The van der Waals surface area contributed by atoms with Crippen LogP contribution in [0.25, 0.3) is 0 Å². The van der Waals surface area contributed by atoms with Gasteiger partial charge in [0.15, 0.2) is 0 Å². The Morgan fingerprint density at radius 1 is 0.844 bits per heavy atom. The van der Waals surface area contributed by atoms with Crippen LogP contribution in [-0.2, 0) is 52.4 Å². The third kappa shape index (κ3) is 10.2. The topological polar surface area (TPSA) is 181 Å². The van der Waals surface area contributed by atoms with Gasteiger partial charge in [-0.15, -0.1) is 0 Å². The highest BCUT2D eigenvalue weighted by Crippen LogP contribution is 2.53. The molecule has 1 aliphatic carbocycles. The van der Waals surface area contributed by atoms with Gasteiger partial charge in [-0.25, -0.2) is 4.79 Å². The summed E-state index contributed by atoms with van der Waals surface area (Å²) < 4.78 is 32.9. The molecule has 2 rings (SSSR count). The molecule has 45 heavy (non-hydrogen) atoms. The lowest BCUT2D eigenvalue weighted by molar-refractivity contribution is -0.241. The SMILES string of the molecule is CC(=O)O[C@H]1C[C@]2(O)C(COC(=O)C(OC(=O)CC(C)C)C(C)C)=CO[C@@H](OC(=O)CC(C)C)[C@@H]2[C@@]1(O)COC(=O)CC(C)C. The lowest BCUT2D eigenvalue weighted by Gasteiger charge is -2.44. The Bertz CT molecular complexity index is 1110. The first-order valence-corrected chi connectivity index (χ1v) is 15.5. The molecule has 1 aliphatic heterocycles. The molecule has 2 aliphatic rings. The summed E-state index contributed by atoms with van der Waals surface area (Å²) in [5.74, 6) is -5.65. The van der Waals surface area contributed by atoms with E-state index in [0.29, 0.717) is 0 Å². The largest absolute Gasteiger partial charge is 0.462 e. The molecule has 0 aromatic carbocycles. The maximum atomic E-state index is 13.1. The van der Waals surface area contributed by atoms with E-state index in [1.807, 2.05) is 13.8 Å². The van der Waals surface area contributed by atoms with Crippen molar-refractivity contribution in [3.05, 3.63) is 11.8 Å². The summed E-state index contributed by atoms with van der Waals surface area (Å²) in [7, 11) is 0. The van der Waals surface area contributed by atoms with E-state index >= 15 is 0 Å². The van der Waals surface area contributed by atoms with Crippen molar-refractivity contribution in [1.82, 2.24) is 0 Å². The van der Waals surface area contributed by atoms with Gasteiger partial charge in [0.05, 0.1) is 6.26 Å². The molecule has 0 saturated heterocycles. The quantitative estimate of drug-likeness (QED) is 0.197. The van der Waals surface area contributed by atoms with Crippen LogP contribution in [0, 0.1) is 29.6 Å². The minimum Gasteiger partial charge on any atom is -0.462 e. The lowest BCUT2D eigenvalue weighted by atomic mass is 9.77. The molecule has 0 radical (unpaired) electrons. The van der Waals surface area contributed by atoms with E-state index in [1.54, 1.807) is 41.5 Å². The number of rotatable bonds is 15. The van der Waals surface area contributed by atoms with Crippen LogP contribution in [-0.4, -0.2) is 83.0 Å². The third-order valence-electron chi connectivity index (χ3n) is 7.49. The fraction of sp³-hybridized carbons (Fsp3) is 0.781.